The van der Waals surface area contributed by atoms with Crippen LogP contribution in [0.25, 0.3) is 0 Å². The highest BCUT2D eigenvalue weighted by Crippen LogP contribution is 2.62. The fourth-order valence-electron chi connectivity index (χ4n) is 1.16. The predicted molar refractivity (Wildman–Crippen MR) is 78.7 cm³/mol. The summed E-state index contributed by atoms with van der Waals surface area (Å²) in [6.07, 6.45) is 0.908. The van der Waals surface area contributed by atoms with E-state index in [-0.39, 0.29) is 5.25 Å². The van der Waals surface area contributed by atoms with E-state index in [0.29, 0.717) is 17.4 Å². The summed E-state index contributed by atoms with van der Waals surface area (Å²) in [7, 11) is 0. The first kappa shape index (κ1) is 15.9. The zero-order chi connectivity index (χ0) is 13.6. The van der Waals surface area contributed by atoms with Crippen LogP contribution in [0.15, 0.2) is 24.3 Å². The third kappa shape index (κ3) is 5.23. The Bertz CT molecular complexity index is 410. The van der Waals surface area contributed by atoms with E-state index in [4.69, 9.17) is 20.6 Å². The van der Waals surface area contributed by atoms with Gasteiger partial charge in [0.25, 0.3) is 0 Å². The average molecular weight is 309 g/mol. The van der Waals surface area contributed by atoms with Crippen LogP contribution in [-0.2, 0) is 9.09 Å². The number of rotatable bonds is 7. The van der Waals surface area contributed by atoms with Gasteiger partial charge in [-0.05, 0) is 49.0 Å². The number of hydrogen-bond acceptors (Lipinski definition) is 4. The summed E-state index contributed by atoms with van der Waals surface area (Å²) in [5, 5.41) is 0.831. The van der Waals surface area contributed by atoms with Crippen molar-refractivity contribution < 1.29 is 13.6 Å². The van der Waals surface area contributed by atoms with Gasteiger partial charge in [0, 0.05) is 10.3 Å². The van der Waals surface area contributed by atoms with Gasteiger partial charge in [-0.3, -0.25) is 4.52 Å². The van der Waals surface area contributed by atoms with E-state index in [2.05, 4.69) is 0 Å². The second kappa shape index (κ2) is 7.44. The van der Waals surface area contributed by atoms with Crippen LogP contribution >= 0.6 is 29.8 Å². The lowest BCUT2D eigenvalue weighted by Gasteiger charge is -2.20. The highest BCUT2D eigenvalue weighted by atomic mass is 35.5. The number of halogens is 1. The summed E-state index contributed by atoms with van der Waals surface area (Å²) >= 11 is 7.04. The minimum absolute atomic E-state index is 0.217. The van der Waals surface area contributed by atoms with Crippen LogP contribution in [0.2, 0.25) is 5.02 Å². The molecule has 3 nitrogen and oxygen atoms in total. The molecule has 0 aromatic heterocycles. The van der Waals surface area contributed by atoms with Gasteiger partial charge >= 0.3 is 6.80 Å². The van der Waals surface area contributed by atoms with Crippen molar-refractivity contribution in [3.05, 3.63) is 29.3 Å². The molecule has 0 saturated heterocycles. The number of benzene rings is 1. The van der Waals surface area contributed by atoms with Crippen molar-refractivity contribution in [1.29, 1.82) is 0 Å². The van der Waals surface area contributed by atoms with Crippen molar-refractivity contribution >= 4 is 29.8 Å². The summed E-state index contributed by atoms with van der Waals surface area (Å²) < 4.78 is 23.3. The Hall–Kier alpha value is -0.150. The molecule has 1 aromatic carbocycles. The molecule has 0 N–H and O–H groups in total. The first-order valence-electron chi connectivity index (χ1n) is 5.87. The highest BCUT2D eigenvalue weighted by Gasteiger charge is 2.29. The Morgan fingerprint density at radius 2 is 1.94 bits per heavy atom. The van der Waals surface area contributed by atoms with Crippen molar-refractivity contribution in [2.45, 2.75) is 32.4 Å². The van der Waals surface area contributed by atoms with Crippen LogP contribution in [0, 0.1) is 0 Å². The van der Waals surface area contributed by atoms with E-state index >= 15 is 0 Å². The zero-order valence-electron chi connectivity index (χ0n) is 10.8. The molecule has 2 atom stereocenters. The highest BCUT2D eigenvalue weighted by molar-refractivity contribution is 8.55. The van der Waals surface area contributed by atoms with Gasteiger partial charge in [0.1, 0.15) is 5.75 Å². The molecule has 18 heavy (non-hydrogen) atoms. The maximum absolute atomic E-state index is 12.5. The van der Waals surface area contributed by atoms with E-state index in [1.54, 1.807) is 31.2 Å². The first-order chi connectivity index (χ1) is 8.49. The summed E-state index contributed by atoms with van der Waals surface area (Å²) in [4.78, 5) is 0. The van der Waals surface area contributed by atoms with Gasteiger partial charge in [-0.1, -0.05) is 25.4 Å². The van der Waals surface area contributed by atoms with Crippen LogP contribution in [0.1, 0.15) is 27.2 Å². The van der Waals surface area contributed by atoms with Gasteiger partial charge in [-0.15, -0.1) is 0 Å². The zero-order valence-corrected chi connectivity index (χ0v) is 13.2. The second-order valence-corrected chi connectivity index (χ2v) is 8.50. The Morgan fingerprint density at radius 3 is 2.44 bits per heavy atom. The fourth-order valence-corrected chi connectivity index (χ4v) is 5.38. The van der Waals surface area contributed by atoms with E-state index in [0.717, 1.165) is 6.42 Å². The monoisotopic (exact) mass is 308 g/mol. The first-order valence-corrected chi connectivity index (χ1v) is 9.27. The van der Waals surface area contributed by atoms with Crippen LogP contribution < -0.4 is 4.52 Å². The van der Waals surface area contributed by atoms with E-state index < -0.39 is 6.80 Å². The molecule has 1 aromatic rings. The van der Waals surface area contributed by atoms with Gasteiger partial charge in [0.15, 0.2) is 0 Å². The molecule has 0 aliphatic rings. The molecule has 102 valence electrons. The van der Waals surface area contributed by atoms with E-state index in [1.807, 2.05) is 13.8 Å². The second-order valence-electron chi connectivity index (χ2n) is 3.73. The molecule has 0 amide bonds. The van der Waals surface area contributed by atoms with Crippen molar-refractivity contribution in [2.75, 3.05) is 6.61 Å². The minimum atomic E-state index is -3.16. The maximum Gasteiger partial charge on any atom is 0.440 e. The SMILES string of the molecule is CCOP(=O)(Oc1ccc(Cl)cc1)SC(C)CC. The summed E-state index contributed by atoms with van der Waals surface area (Å²) in [5.74, 6) is 0.506. The van der Waals surface area contributed by atoms with Gasteiger partial charge in [-0.25, -0.2) is 4.57 Å². The molecule has 0 radical (unpaired) electrons. The van der Waals surface area contributed by atoms with Crippen molar-refractivity contribution in [1.82, 2.24) is 0 Å². The Labute approximate surface area is 117 Å². The summed E-state index contributed by atoms with van der Waals surface area (Å²) in [6.45, 7) is 3.04. The molecule has 0 aliphatic carbocycles. The molecule has 0 bridgehead atoms. The molecular formula is C12H18ClO3PS. The van der Waals surface area contributed by atoms with Crippen molar-refractivity contribution in [3.8, 4) is 5.75 Å². The quantitative estimate of drug-likeness (QED) is 0.632. The molecule has 0 spiro atoms. The maximum atomic E-state index is 12.5. The lowest BCUT2D eigenvalue weighted by atomic mass is 10.3. The number of hydrogen-bond donors (Lipinski definition) is 0. The Balaban J connectivity index is 2.78. The van der Waals surface area contributed by atoms with E-state index in [1.165, 1.54) is 11.4 Å². The normalized spacial score (nSPS) is 16.0. The van der Waals surface area contributed by atoms with Crippen LogP contribution in [0.3, 0.4) is 0 Å². The topological polar surface area (TPSA) is 35.5 Å². The van der Waals surface area contributed by atoms with Crippen LogP contribution in [0.5, 0.6) is 5.75 Å². The minimum Gasteiger partial charge on any atom is -0.417 e. The fraction of sp³-hybridized carbons (Fsp3) is 0.500. The Kier molecular flexibility index (Phi) is 6.58. The molecule has 0 saturated carbocycles. The molecule has 6 heteroatoms. The van der Waals surface area contributed by atoms with Gasteiger partial charge < -0.3 is 4.52 Å². The molecule has 0 heterocycles. The third-order valence-corrected chi connectivity index (χ3v) is 6.81. The lowest BCUT2D eigenvalue weighted by molar-refractivity contribution is 0.296. The third-order valence-electron chi connectivity index (χ3n) is 2.20. The predicted octanol–water partition coefficient (Wildman–Crippen LogP) is 5.40. The molecule has 1 rings (SSSR count). The summed E-state index contributed by atoms with van der Waals surface area (Å²) in [5.41, 5.74) is 0. The molecule has 0 fully saturated rings. The average Bonchev–Trinajstić information content (AvgIpc) is 2.32. The molecular weight excluding hydrogens is 291 g/mol. The van der Waals surface area contributed by atoms with Gasteiger partial charge in [0.05, 0.1) is 6.61 Å². The standard InChI is InChI=1S/C12H18ClO3PS/c1-4-10(3)18-17(14,15-5-2)16-12-8-6-11(13)7-9-12/h6-10H,4-5H2,1-3H3. The molecule has 0 aliphatic heterocycles. The van der Waals surface area contributed by atoms with Crippen molar-refractivity contribution in [3.63, 3.8) is 0 Å². The van der Waals surface area contributed by atoms with E-state index in [9.17, 15) is 4.57 Å². The molecule has 2 unspecified atom stereocenters. The van der Waals surface area contributed by atoms with Gasteiger partial charge in [0.2, 0.25) is 0 Å². The largest absolute Gasteiger partial charge is 0.440 e. The Morgan fingerprint density at radius 1 is 1.33 bits per heavy atom. The van der Waals surface area contributed by atoms with Crippen LogP contribution in [0.4, 0.5) is 0 Å². The van der Waals surface area contributed by atoms with Crippen molar-refractivity contribution in [2.24, 2.45) is 0 Å². The summed E-state index contributed by atoms with van der Waals surface area (Å²) in [6, 6.07) is 6.76. The smallest absolute Gasteiger partial charge is 0.417 e. The lowest BCUT2D eigenvalue weighted by Crippen LogP contribution is -2.00. The van der Waals surface area contributed by atoms with Gasteiger partial charge in [-0.2, -0.15) is 0 Å². The van der Waals surface area contributed by atoms with Crippen LogP contribution in [-0.4, -0.2) is 11.9 Å².